The average molecular weight is 293 g/mol. The van der Waals surface area contributed by atoms with Crippen molar-refractivity contribution >= 4 is 17.2 Å². The summed E-state index contributed by atoms with van der Waals surface area (Å²) in [5.41, 5.74) is 0.787. The number of carbonyl (C=O) groups excluding carboxylic acids is 1. The predicted molar refractivity (Wildman–Crippen MR) is 77.4 cm³/mol. The lowest BCUT2D eigenvalue weighted by molar-refractivity contribution is -0.121. The smallest absolute Gasteiger partial charge is 0.220 e. The van der Waals surface area contributed by atoms with Crippen LogP contribution in [0.25, 0.3) is 0 Å². The fourth-order valence-electron chi connectivity index (χ4n) is 1.81. The molecule has 0 fully saturated rings. The lowest BCUT2D eigenvalue weighted by Gasteiger charge is -2.06. The minimum Gasteiger partial charge on any atom is -0.494 e. The normalized spacial score (nSPS) is 10.3. The number of methoxy groups -OCH3 is 1. The van der Waals surface area contributed by atoms with Crippen LogP contribution in [-0.4, -0.2) is 13.0 Å². The fourth-order valence-corrected chi connectivity index (χ4v) is 2.46. The number of carbonyl (C=O) groups is 1. The second-order valence-electron chi connectivity index (χ2n) is 4.32. The molecule has 0 saturated carbocycles. The molecule has 0 unspecified atom stereocenters. The average Bonchev–Trinajstić information content (AvgIpc) is 2.96. The van der Waals surface area contributed by atoms with Crippen LogP contribution >= 0.6 is 11.3 Å². The third-order valence-corrected chi connectivity index (χ3v) is 3.77. The van der Waals surface area contributed by atoms with E-state index in [4.69, 9.17) is 4.74 Å². The van der Waals surface area contributed by atoms with Crippen molar-refractivity contribution in [3.63, 3.8) is 0 Å². The second-order valence-corrected chi connectivity index (χ2v) is 5.36. The van der Waals surface area contributed by atoms with E-state index in [9.17, 15) is 9.18 Å². The van der Waals surface area contributed by atoms with Gasteiger partial charge in [-0.05, 0) is 35.6 Å². The minimum atomic E-state index is -0.399. The summed E-state index contributed by atoms with van der Waals surface area (Å²) in [4.78, 5) is 12.8. The number of hydrogen-bond acceptors (Lipinski definition) is 3. The lowest BCUT2D eigenvalue weighted by Crippen LogP contribution is -2.22. The van der Waals surface area contributed by atoms with E-state index in [2.05, 4.69) is 5.32 Å². The SMILES string of the molecule is COc1ccc(CCC(=O)NCc2cccs2)cc1F. The third-order valence-electron chi connectivity index (χ3n) is 2.90. The zero-order chi connectivity index (χ0) is 14.4. The molecule has 1 aromatic carbocycles. The molecule has 0 aliphatic heterocycles. The van der Waals surface area contributed by atoms with Gasteiger partial charge in [-0.25, -0.2) is 4.39 Å². The number of hydrogen-bond donors (Lipinski definition) is 1. The van der Waals surface area contributed by atoms with Crippen LogP contribution in [0.4, 0.5) is 4.39 Å². The Labute approximate surface area is 121 Å². The van der Waals surface area contributed by atoms with Crippen molar-refractivity contribution in [2.75, 3.05) is 7.11 Å². The van der Waals surface area contributed by atoms with E-state index in [-0.39, 0.29) is 11.7 Å². The molecule has 0 radical (unpaired) electrons. The first-order valence-electron chi connectivity index (χ1n) is 6.30. The van der Waals surface area contributed by atoms with Gasteiger partial charge < -0.3 is 10.1 Å². The van der Waals surface area contributed by atoms with Crippen molar-refractivity contribution in [2.24, 2.45) is 0 Å². The molecule has 0 aliphatic rings. The topological polar surface area (TPSA) is 38.3 Å². The monoisotopic (exact) mass is 293 g/mol. The molecule has 1 amide bonds. The largest absolute Gasteiger partial charge is 0.494 e. The van der Waals surface area contributed by atoms with Crippen LogP contribution in [0.1, 0.15) is 16.9 Å². The highest BCUT2D eigenvalue weighted by Crippen LogP contribution is 2.18. The molecular weight excluding hydrogens is 277 g/mol. The van der Waals surface area contributed by atoms with Crippen LogP contribution in [-0.2, 0) is 17.8 Å². The number of thiophene rings is 1. The van der Waals surface area contributed by atoms with Gasteiger partial charge in [-0.2, -0.15) is 0 Å². The van der Waals surface area contributed by atoms with Crippen molar-refractivity contribution in [1.82, 2.24) is 5.32 Å². The van der Waals surface area contributed by atoms with Gasteiger partial charge >= 0.3 is 0 Å². The van der Waals surface area contributed by atoms with Crippen LogP contribution < -0.4 is 10.1 Å². The zero-order valence-corrected chi connectivity index (χ0v) is 12.0. The molecule has 1 heterocycles. The highest BCUT2D eigenvalue weighted by molar-refractivity contribution is 7.09. The highest BCUT2D eigenvalue weighted by atomic mass is 32.1. The first-order valence-corrected chi connectivity index (χ1v) is 7.18. The Hall–Kier alpha value is -1.88. The van der Waals surface area contributed by atoms with Gasteiger partial charge in [0.15, 0.2) is 11.6 Å². The van der Waals surface area contributed by atoms with Gasteiger partial charge in [0.25, 0.3) is 0 Å². The summed E-state index contributed by atoms with van der Waals surface area (Å²) in [6, 6.07) is 8.68. The minimum absolute atomic E-state index is 0.0328. The Morgan fingerprint density at radius 3 is 2.90 bits per heavy atom. The lowest BCUT2D eigenvalue weighted by atomic mass is 10.1. The highest BCUT2D eigenvalue weighted by Gasteiger charge is 2.06. The second kappa shape index (κ2) is 7.05. The van der Waals surface area contributed by atoms with Gasteiger partial charge in [0.05, 0.1) is 13.7 Å². The third kappa shape index (κ3) is 4.06. The van der Waals surface area contributed by atoms with Crippen molar-refractivity contribution in [1.29, 1.82) is 0 Å². The molecule has 1 N–H and O–H groups in total. The molecule has 0 aliphatic carbocycles. The van der Waals surface area contributed by atoms with Crippen molar-refractivity contribution in [3.8, 4) is 5.75 Å². The van der Waals surface area contributed by atoms with Crippen LogP contribution in [0.15, 0.2) is 35.7 Å². The van der Waals surface area contributed by atoms with Gasteiger partial charge in [-0.15, -0.1) is 11.3 Å². The molecule has 0 atom stereocenters. The van der Waals surface area contributed by atoms with E-state index in [0.717, 1.165) is 10.4 Å². The van der Waals surface area contributed by atoms with E-state index in [1.54, 1.807) is 23.5 Å². The van der Waals surface area contributed by atoms with Crippen molar-refractivity contribution in [2.45, 2.75) is 19.4 Å². The summed E-state index contributed by atoms with van der Waals surface area (Å²) in [5.74, 6) is -0.213. The molecule has 20 heavy (non-hydrogen) atoms. The molecule has 5 heteroatoms. The van der Waals surface area contributed by atoms with Gasteiger partial charge in [0.2, 0.25) is 5.91 Å². The molecule has 2 aromatic rings. The number of ether oxygens (including phenoxy) is 1. The van der Waals surface area contributed by atoms with Gasteiger partial charge in [-0.3, -0.25) is 4.79 Å². The van der Waals surface area contributed by atoms with Crippen LogP contribution in [0.3, 0.4) is 0 Å². The standard InChI is InChI=1S/C15H16FNO2S/c1-19-14-6-4-11(9-13(14)16)5-7-15(18)17-10-12-3-2-8-20-12/h2-4,6,8-9H,5,7,10H2,1H3,(H,17,18). The number of amides is 1. The maximum atomic E-state index is 13.5. The summed E-state index contributed by atoms with van der Waals surface area (Å²) in [5, 5.41) is 4.82. The number of halogens is 1. The molecule has 3 nitrogen and oxygen atoms in total. The maximum Gasteiger partial charge on any atom is 0.220 e. The Kier molecular flexibility index (Phi) is 5.12. The first kappa shape index (κ1) is 14.5. The van der Waals surface area contributed by atoms with E-state index in [1.807, 2.05) is 17.5 Å². The summed E-state index contributed by atoms with van der Waals surface area (Å²) in [6.45, 7) is 0.549. The number of benzene rings is 1. The Morgan fingerprint density at radius 2 is 2.25 bits per heavy atom. The predicted octanol–water partition coefficient (Wildman–Crippen LogP) is 3.14. The quantitative estimate of drug-likeness (QED) is 0.888. The van der Waals surface area contributed by atoms with Gasteiger partial charge in [0.1, 0.15) is 0 Å². The fraction of sp³-hybridized carbons (Fsp3) is 0.267. The summed E-state index contributed by atoms with van der Waals surface area (Å²) < 4.78 is 18.3. The molecule has 0 saturated heterocycles. The van der Waals surface area contributed by atoms with E-state index in [0.29, 0.717) is 19.4 Å². The van der Waals surface area contributed by atoms with Crippen LogP contribution in [0, 0.1) is 5.82 Å². The van der Waals surface area contributed by atoms with Crippen LogP contribution in [0.2, 0.25) is 0 Å². The van der Waals surface area contributed by atoms with Crippen molar-refractivity contribution < 1.29 is 13.9 Å². The summed E-state index contributed by atoms with van der Waals surface area (Å²) in [7, 11) is 1.43. The number of rotatable bonds is 6. The van der Waals surface area contributed by atoms with Gasteiger partial charge in [0, 0.05) is 11.3 Å². The zero-order valence-electron chi connectivity index (χ0n) is 11.2. The number of aryl methyl sites for hydroxylation is 1. The molecular formula is C15H16FNO2S. The van der Waals surface area contributed by atoms with Crippen LogP contribution in [0.5, 0.6) is 5.75 Å². The molecule has 0 spiro atoms. The van der Waals surface area contributed by atoms with Gasteiger partial charge in [-0.1, -0.05) is 12.1 Å². The molecule has 0 bridgehead atoms. The van der Waals surface area contributed by atoms with E-state index >= 15 is 0 Å². The molecule has 106 valence electrons. The Bertz CT molecular complexity index is 569. The summed E-state index contributed by atoms with van der Waals surface area (Å²) in [6.07, 6.45) is 0.855. The molecule has 1 aromatic heterocycles. The maximum absolute atomic E-state index is 13.5. The Balaban J connectivity index is 1.79. The first-order chi connectivity index (χ1) is 9.69. The van der Waals surface area contributed by atoms with Crippen molar-refractivity contribution in [3.05, 3.63) is 52.0 Å². The van der Waals surface area contributed by atoms with E-state index < -0.39 is 5.82 Å². The Morgan fingerprint density at radius 1 is 1.40 bits per heavy atom. The summed E-state index contributed by atoms with van der Waals surface area (Å²) >= 11 is 1.61. The molecule has 2 rings (SSSR count). The number of nitrogens with one attached hydrogen (secondary N) is 1. The van der Waals surface area contributed by atoms with E-state index in [1.165, 1.54) is 13.2 Å².